The number of nitrogens with one attached hydrogen (secondary N) is 1. The molecule has 8 heteroatoms. The van der Waals surface area contributed by atoms with E-state index in [1.807, 2.05) is 19.1 Å². The molecule has 1 heterocycles. The van der Waals surface area contributed by atoms with Gasteiger partial charge in [0.15, 0.2) is 0 Å². The van der Waals surface area contributed by atoms with Crippen molar-refractivity contribution in [2.24, 2.45) is 5.92 Å². The van der Waals surface area contributed by atoms with Crippen molar-refractivity contribution in [3.05, 3.63) is 28.8 Å². The Balaban J connectivity index is 1.77. The van der Waals surface area contributed by atoms with Crippen molar-refractivity contribution in [1.29, 1.82) is 0 Å². The van der Waals surface area contributed by atoms with Crippen LogP contribution >= 0.6 is 11.6 Å². The van der Waals surface area contributed by atoms with E-state index in [4.69, 9.17) is 16.3 Å². The molecule has 25 heavy (non-hydrogen) atoms. The molecule has 0 spiro atoms. The van der Waals surface area contributed by atoms with Gasteiger partial charge in [0.25, 0.3) is 0 Å². The summed E-state index contributed by atoms with van der Waals surface area (Å²) in [7, 11) is -3.24. The van der Waals surface area contributed by atoms with Crippen molar-refractivity contribution in [2.75, 3.05) is 32.0 Å². The summed E-state index contributed by atoms with van der Waals surface area (Å²) < 4.78 is 30.9. The molecule has 0 radical (unpaired) electrons. The van der Waals surface area contributed by atoms with Crippen molar-refractivity contribution in [3.63, 3.8) is 0 Å². The number of carbonyl (C=O) groups is 1. The van der Waals surface area contributed by atoms with E-state index in [0.717, 1.165) is 5.56 Å². The van der Waals surface area contributed by atoms with E-state index in [2.05, 4.69) is 5.32 Å². The van der Waals surface area contributed by atoms with Crippen molar-refractivity contribution < 1.29 is 17.9 Å². The molecule has 1 aliphatic rings. The number of ether oxygens (including phenoxy) is 1. The Morgan fingerprint density at radius 3 is 2.88 bits per heavy atom. The highest BCUT2D eigenvalue weighted by molar-refractivity contribution is 7.89. The second kappa shape index (κ2) is 8.87. The summed E-state index contributed by atoms with van der Waals surface area (Å²) in [6, 6.07) is 5.45. The average molecular weight is 389 g/mol. The monoisotopic (exact) mass is 388 g/mol. The molecular formula is C17H25ClN2O4S. The Labute approximate surface area is 154 Å². The smallest absolute Gasteiger partial charge is 0.224 e. The number of amides is 1. The third-order valence-electron chi connectivity index (χ3n) is 4.33. The van der Waals surface area contributed by atoms with Gasteiger partial charge in [-0.1, -0.05) is 17.7 Å². The van der Waals surface area contributed by atoms with Gasteiger partial charge < -0.3 is 10.1 Å². The average Bonchev–Trinajstić information content (AvgIpc) is 2.61. The van der Waals surface area contributed by atoms with Crippen LogP contribution in [0.3, 0.4) is 0 Å². The van der Waals surface area contributed by atoms with Crippen molar-refractivity contribution in [2.45, 2.75) is 26.7 Å². The molecule has 1 saturated heterocycles. The molecule has 0 saturated carbocycles. The lowest BCUT2D eigenvalue weighted by Crippen LogP contribution is -2.46. The number of carbonyl (C=O) groups excluding carboxylic acids is 1. The number of nitrogens with zero attached hydrogens (tertiary/aromatic N) is 1. The van der Waals surface area contributed by atoms with Gasteiger partial charge in [-0.3, -0.25) is 4.79 Å². The lowest BCUT2D eigenvalue weighted by Gasteiger charge is -2.30. The molecule has 1 aromatic carbocycles. The van der Waals surface area contributed by atoms with Crippen LogP contribution in [0, 0.1) is 12.8 Å². The number of hydrogen-bond donors (Lipinski definition) is 1. The fraction of sp³-hybridized carbons (Fsp3) is 0.588. The second-order valence-electron chi connectivity index (χ2n) is 6.15. The first-order valence-electron chi connectivity index (χ1n) is 8.48. The highest BCUT2D eigenvalue weighted by Crippen LogP contribution is 2.22. The molecule has 140 valence electrons. The summed E-state index contributed by atoms with van der Waals surface area (Å²) in [6.07, 6.45) is 1.41. The summed E-state index contributed by atoms with van der Waals surface area (Å²) in [5.41, 5.74) is 0.978. The third kappa shape index (κ3) is 5.59. The number of aryl methyl sites for hydroxylation is 1. The predicted octanol–water partition coefficient (Wildman–Crippen LogP) is 2.21. The lowest BCUT2D eigenvalue weighted by molar-refractivity contribution is -0.126. The molecular weight excluding hydrogens is 364 g/mol. The maximum Gasteiger partial charge on any atom is 0.224 e. The lowest BCUT2D eigenvalue weighted by atomic mass is 9.99. The third-order valence-corrected chi connectivity index (χ3v) is 6.58. The first kappa shape index (κ1) is 20.0. The van der Waals surface area contributed by atoms with E-state index < -0.39 is 10.0 Å². The van der Waals surface area contributed by atoms with Crippen LogP contribution < -0.4 is 10.1 Å². The Bertz CT molecular complexity index is 709. The van der Waals surface area contributed by atoms with Gasteiger partial charge in [0, 0.05) is 18.1 Å². The van der Waals surface area contributed by atoms with Gasteiger partial charge >= 0.3 is 0 Å². The molecule has 1 fully saturated rings. The number of sulfonamides is 1. The molecule has 1 amide bonds. The maximum atomic E-state index is 12.3. The standard InChI is InChI=1S/C17H25ClN2O4S/c1-3-25(22,23)20-9-4-5-14(12-20)17(21)19-8-10-24-15-7-6-13(2)16(18)11-15/h6-7,11,14H,3-5,8-10,12H2,1-2H3,(H,19,21). The predicted molar refractivity (Wildman–Crippen MR) is 98.5 cm³/mol. The highest BCUT2D eigenvalue weighted by Gasteiger charge is 2.31. The molecule has 1 unspecified atom stereocenters. The van der Waals surface area contributed by atoms with E-state index in [1.54, 1.807) is 13.0 Å². The number of halogens is 1. The first-order valence-corrected chi connectivity index (χ1v) is 10.5. The normalized spacial score (nSPS) is 18.8. The van der Waals surface area contributed by atoms with Crippen molar-refractivity contribution >= 4 is 27.5 Å². The quantitative estimate of drug-likeness (QED) is 0.726. The van der Waals surface area contributed by atoms with Crippen LogP contribution in [0.2, 0.25) is 5.02 Å². The summed E-state index contributed by atoms with van der Waals surface area (Å²) in [5, 5.41) is 3.46. The molecule has 0 bridgehead atoms. The number of hydrogen-bond acceptors (Lipinski definition) is 4. The Morgan fingerprint density at radius 1 is 1.44 bits per heavy atom. The summed E-state index contributed by atoms with van der Waals surface area (Å²) in [4.78, 5) is 12.3. The molecule has 1 aromatic rings. The minimum Gasteiger partial charge on any atom is -0.492 e. The maximum absolute atomic E-state index is 12.3. The molecule has 6 nitrogen and oxygen atoms in total. The summed E-state index contributed by atoms with van der Waals surface area (Å²) in [6.45, 7) is 4.98. The summed E-state index contributed by atoms with van der Waals surface area (Å²) >= 11 is 6.04. The summed E-state index contributed by atoms with van der Waals surface area (Å²) in [5.74, 6) is 0.294. The SMILES string of the molecule is CCS(=O)(=O)N1CCCC(C(=O)NCCOc2ccc(C)c(Cl)c2)C1. The van der Waals surface area contributed by atoms with Crippen LogP contribution in [-0.4, -0.2) is 50.6 Å². The number of benzene rings is 1. The molecule has 1 aliphatic heterocycles. The van der Waals surface area contributed by atoms with Crippen molar-refractivity contribution in [1.82, 2.24) is 9.62 Å². The minimum atomic E-state index is -3.24. The zero-order valence-electron chi connectivity index (χ0n) is 14.6. The van der Waals surface area contributed by atoms with Gasteiger partial charge in [-0.2, -0.15) is 0 Å². The van der Waals surface area contributed by atoms with E-state index in [9.17, 15) is 13.2 Å². The van der Waals surface area contributed by atoms with E-state index in [0.29, 0.717) is 43.3 Å². The Morgan fingerprint density at radius 2 is 2.20 bits per heavy atom. The van der Waals surface area contributed by atoms with Gasteiger partial charge in [0.05, 0.1) is 18.2 Å². The minimum absolute atomic E-state index is 0.0638. The van der Waals surface area contributed by atoms with Crippen molar-refractivity contribution in [3.8, 4) is 5.75 Å². The van der Waals surface area contributed by atoms with Gasteiger partial charge in [-0.15, -0.1) is 0 Å². The highest BCUT2D eigenvalue weighted by atomic mass is 35.5. The molecule has 0 aromatic heterocycles. The largest absolute Gasteiger partial charge is 0.492 e. The fourth-order valence-corrected chi connectivity index (χ4v) is 4.09. The van der Waals surface area contributed by atoms with Gasteiger partial charge in [0.1, 0.15) is 12.4 Å². The van der Waals surface area contributed by atoms with Crippen LogP contribution in [0.4, 0.5) is 0 Å². The van der Waals surface area contributed by atoms with Gasteiger partial charge in [-0.25, -0.2) is 12.7 Å². The molecule has 1 atom stereocenters. The van der Waals surface area contributed by atoms with Crippen LogP contribution in [0.15, 0.2) is 18.2 Å². The van der Waals surface area contributed by atoms with E-state index in [-0.39, 0.29) is 24.1 Å². The van der Waals surface area contributed by atoms with E-state index in [1.165, 1.54) is 4.31 Å². The zero-order chi connectivity index (χ0) is 18.4. The second-order valence-corrected chi connectivity index (χ2v) is 8.81. The van der Waals surface area contributed by atoms with Gasteiger partial charge in [0.2, 0.25) is 15.9 Å². The van der Waals surface area contributed by atoms with Crippen LogP contribution in [0.25, 0.3) is 0 Å². The fourth-order valence-electron chi connectivity index (χ4n) is 2.74. The Kier molecular flexibility index (Phi) is 7.10. The molecule has 2 rings (SSSR count). The first-order chi connectivity index (χ1) is 11.8. The number of piperidine rings is 1. The number of rotatable bonds is 7. The van der Waals surface area contributed by atoms with Crippen LogP contribution in [0.5, 0.6) is 5.75 Å². The molecule has 0 aliphatic carbocycles. The van der Waals surface area contributed by atoms with Crippen LogP contribution in [0.1, 0.15) is 25.3 Å². The zero-order valence-corrected chi connectivity index (χ0v) is 16.2. The topological polar surface area (TPSA) is 75.7 Å². The van der Waals surface area contributed by atoms with E-state index >= 15 is 0 Å². The molecule has 1 N–H and O–H groups in total. The van der Waals surface area contributed by atoms with Crippen LogP contribution in [-0.2, 0) is 14.8 Å². The Hall–Kier alpha value is -1.31. The van der Waals surface area contributed by atoms with Gasteiger partial charge in [-0.05, 0) is 44.4 Å².